The van der Waals surface area contributed by atoms with Crippen molar-refractivity contribution in [2.45, 2.75) is 58.0 Å². The van der Waals surface area contributed by atoms with Gasteiger partial charge in [-0.15, -0.1) is 0 Å². The Kier molecular flexibility index (Phi) is 4.39. The van der Waals surface area contributed by atoms with Crippen molar-refractivity contribution in [2.75, 3.05) is 6.54 Å². The van der Waals surface area contributed by atoms with E-state index in [4.69, 9.17) is 5.11 Å². The van der Waals surface area contributed by atoms with E-state index in [9.17, 15) is 4.79 Å². The molecule has 0 spiro atoms. The van der Waals surface area contributed by atoms with Crippen molar-refractivity contribution in [1.82, 2.24) is 4.90 Å². The van der Waals surface area contributed by atoms with E-state index in [0.717, 1.165) is 19.4 Å². The van der Waals surface area contributed by atoms with Crippen LogP contribution < -0.4 is 0 Å². The van der Waals surface area contributed by atoms with Crippen LogP contribution in [0.15, 0.2) is 0 Å². The molecule has 2 atom stereocenters. The summed E-state index contributed by atoms with van der Waals surface area (Å²) in [5.41, 5.74) is 0. The van der Waals surface area contributed by atoms with Gasteiger partial charge in [-0.25, -0.2) is 0 Å². The summed E-state index contributed by atoms with van der Waals surface area (Å²) in [6.45, 7) is 5.41. The van der Waals surface area contributed by atoms with Crippen LogP contribution >= 0.6 is 0 Å². The fourth-order valence-electron chi connectivity index (χ4n) is 2.42. The second kappa shape index (κ2) is 5.35. The largest absolute Gasteiger partial charge is 0.481 e. The van der Waals surface area contributed by atoms with E-state index in [2.05, 4.69) is 18.7 Å². The lowest BCUT2D eigenvalue weighted by Crippen LogP contribution is -2.39. The van der Waals surface area contributed by atoms with Crippen molar-refractivity contribution >= 4 is 5.97 Å². The molecule has 3 heteroatoms. The lowest BCUT2D eigenvalue weighted by Gasteiger charge is -2.30. The minimum absolute atomic E-state index is 0.259. The van der Waals surface area contributed by atoms with Gasteiger partial charge in [0.1, 0.15) is 0 Å². The number of carboxylic acids is 1. The first-order valence-electron chi connectivity index (χ1n) is 5.62. The molecule has 1 saturated heterocycles. The quantitative estimate of drug-likeness (QED) is 0.737. The minimum Gasteiger partial charge on any atom is -0.481 e. The molecule has 1 N–H and O–H groups in total. The highest BCUT2D eigenvalue weighted by molar-refractivity contribution is 5.67. The van der Waals surface area contributed by atoms with E-state index in [1.54, 1.807) is 0 Å². The van der Waals surface area contributed by atoms with Gasteiger partial charge in [0, 0.05) is 12.1 Å². The molecule has 0 amide bonds. The molecule has 0 aliphatic carbocycles. The van der Waals surface area contributed by atoms with Gasteiger partial charge in [-0.1, -0.05) is 13.3 Å². The van der Waals surface area contributed by atoms with Gasteiger partial charge in [-0.3, -0.25) is 9.69 Å². The Morgan fingerprint density at radius 2 is 2.36 bits per heavy atom. The second-order valence-corrected chi connectivity index (χ2v) is 4.27. The van der Waals surface area contributed by atoms with Crippen LogP contribution in [0.25, 0.3) is 0 Å². The number of nitrogens with zero attached hydrogens (tertiary/aromatic N) is 1. The summed E-state index contributed by atoms with van der Waals surface area (Å²) in [6.07, 6.45) is 4.83. The van der Waals surface area contributed by atoms with E-state index in [0.29, 0.717) is 12.5 Å². The van der Waals surface area contributed by atoms with Gasteiger partial charge in [0.15, 0.2) is 0 Å². The molecule has 2 unspecified atom stereocenters. The molecule has 1 aliphatic rings. The summed E-state index contributed by atoms with van der Waals surface area (Å²) in [5.74, 6) is -0.664. The van der Waals surface area contributed by atoms with Gasteiger partial charge in [0.25, 0.3) is 0 Å². The monoisotopic (exact) mass is 199 g/mol. The van der Waals surface area contributed by atoms with Gasteiger partial charge in [-0.2, -0.15) is 0 Å². The SMILES string of the molecule is CCCC(CC(=O)O)N1CCCC1C. The first kappa shape index (κ1) is 11.5. The van der Waals surface area contributed by atoms with Crippen LogP contribution in [0.3, 0.4) is 0 Å². The molecule has 14 heavy (non-hydrogen) atoms. The highest BCUT2D eigenvalue weighted by Crippen LogP contribution is 2.23. The molecule has 0 aromatic heterocycles. The maximum Gasteiger partial charge on any atom is 0.304 e. The lowest BCUT2D eigenvalue weighted by molar-refractivity contribution is -0.138. The third kappa shape index (κ3) is 2.98. The molecule has 1 rings (SSSR count). The van der Waals surface area contributed by atoms with Crippen molar-refractivity contribution in [1.29, 1.82) is 0 Å². The molecular weight excluding hydrogens is 178 g/mol. The fraction of sp³-hybridized carbons (Fsp3) is 0.909. The maximum atomic E-state index is 10.7. The highest BCUT2D eigenvalue weighted by atomic mass is 16.4. The summed E-state index contributed by atoms with van der Waals surface area (Å²) in [5, 5.41) is 8.83. The van der Waals surface area contributed by atoms with Crippen molar-refractivity contribution in [3.8, 4) is 0 Å². The normalized spacial score (nSPS) is 25.1. The van der Waals surface area contributed by atoms with Gasteiger partial charge in [0.2, 0.25) is 0 Å². The number of likely N-dealkylation sites (tertiary alicyclic amines) is 1. The zero-order chi connectivity index (χ0) is 10.6. The van der Waals surface area contributed by atoms with E-state index >= 15 is 0 Å². The van der Waals surface area contributed by atoms with Gasteiger partial charge < -0.3 is 5.11 Å². The molecule has 1 heterocycles. The van der Waals surface area contributed by atoms with Gasteiger partial charge >= 0.3 is 5.97 Å². The van der Waals surface area contributed by atoms with Crippen molar-refractivity contribution < 1.29 is 9.90 Å². The molecule has 1 aliphatic heterocycles. The predicted molar refractivity (Wildman–Crippen MR) is 56.4 cm³/mol. The Hall–Kier alpha value is -0.570. The van der Waals surface area contributed by atoms with E-state index in [1.807, 2.05) is 0 Å². The molecular formula is C11H21NO2. The van der Waals surface area contributed by atoms with Gasteiger partial charge in [0.05, 0.1) is 6.42 Å². The molecule has 0 aromatic rings. The van der Waals surface area contributed by atoms with Gasteiger partial charge in [-0.05, 0) is 32.7 Å². The summed E-state index contributed by atoms with van der Waals surface area (Å²) < 4.78 is 0. The third-order valence-electron chi connectivity index (χ3n) is 3.11. The Morgan fingerprint density at radius 3 is 2.79 bits per heavy atom. The van der Waals surface area contributed by atoms with E-state index in [1.165, 1.54) is 12.8 Å². The Morgan fingerprint density at radius 1 is 1.64 bits per heavy atom. The third-order valence-corrected chi connectivity index (χ3v) is 3.11. The van der Waals surface area contributed by atoms with Crippen LogP contribution in [0, 0.1) is 0 Å². The number of rotatable bonds is 5. The first-order chi connectivity index (χ1) is 6.65. The van der Waals surface area contributed by atoms with Crippen molar-refractivity contribution in [3.05, 3.63) is 0 Å². The molecule has 0 radical (unpaired) electrons. The predicted octanol–water partition coefficient (Wildman–Crippen LogP) is 2.11. The van der Waals surface area contributed by atoms with Crippen LogP contribution in [0.4, 0.5) is 0 Å². The molecule has 82 valence electrons. The molecule has 1 fully saturated rings. The average molecular weight is 199 g/mol. The van der Waals surface area contributed by atoms with Crippen LogP contribution in [-0.2, 0) is 4.79 Å². The lowest BCUT2D eigenvalue weighted by atomic mass is 10.1. The molecule has 0 bridgehead atoms. The zero-order valence-corrected chi connectivity index (χ0v) is 9.20. The molecule has 3 nitrogen and oxygen atoms in total. The first-order valence-corrected chi connectivity index (χ1v) is 5.62. The summed E-state index contributed by atoms with van der Waals surface area (Å²) in [7, 11) is 0. The number of carbonyl (C=O) groups is 1. The van der Waals surface area contributed by atoms with Crippen LogP contribution in [0.5, 0.6) is 0 Å². The number of carboxylic acid groups (broad SMARTS) is 1. The number of hydrogen-bond acceptors (Lipinski definition) is 2. The standard InChI is InChI=1S/C11H21NO2/c1-3-5-10(8-11(13)14)12-7-4-6-9(12)2/h9-10H,3-8H2,1-2H3,(H,13,14). The van der Waals surface area contributed by atoms with Crippen LogP contribution in [0.2, 0.25) is 0 Å². The van der Waals surface area contributed by atoms with E-state index < -0.39 is 5.97 Å². The fourth-order valence-corrected chi connectivity index (χ4v) is 2.42. The van der Waals surface area contributed by atoms with E-state index in [-0.39, 0.29) is 6.04 Å². The summed E-state index contributed by atoms with van der Waals surface area (Å²) in [6, 6.07) is 0.834. The highest BCUT2D eigenvalue weighted by Gasteiger charge is 2.28. The summed E-state index contributed by atoms with van der Waals surface area (Å²) >= 11 is 0. The minimum atomic E-state index is -0.664. The van der Waals surface area contributed by atoms with Crippen molar-refractivity contribution in [2.24, 2.45) is 0 Å². The zero-order valence-electron chi connectivity index (χ0n) is 9.20. The second-order valence-electron chi connectivity index (χ2n) is 4.27. The molecule has 0 saturated carbocycles. The smallest absolute Gasteiger partial charge is 0.304 e. The van der Waals surface area contributed by atoms with Crippen molar-refractivity contribution in [3.63, 3.8) is 0 Å². The van der Waals surface area contributed by atoms with Crippen LogP contribution in [0.1, 0.15) is 46.0 Å². The number of hydrogen-bond donors (Lipinski definition) is 1. The Bertz CT molecular complexity index is 194. The summed E-state index contributed by atoms with van der Waals surface area (Å²) in [4.78, 5) is 13.1. The molecule has 0 aromatic carbocycles. The number of aliphatic carboxylic acids is 1. The van der Waals surface area contributed by atoms with Crippen LogP contribution in [-0.4, -0.2) is 34.6 Å². The Balaban J connectivity index is 2.51. The maximum absolute atomic E-state index is 10.7. The average Bonchev–Trinajstić information content (AvgIpc) is 2.50. The Labute approximate surface area is 86.1 Å². The topological polar surface area (TPSA) is 40.5 Å².